The second kappa shape index (κ2) is 5.28. The second-order valence-electron chi connectivity index (χ2n) is 3.28. The van der Waals surface area contributed by atoms with Gasteiger partial charge in [0.15, 0.2) is 6.23 Å². The molecule has 0 bridgehead atoms. The lowest BCUT2D eigenvalue weighted by molar-refractivity contribution is 0.0792. The Morgan fingerprint density at radius 2 is 1.81 bits per heavy atom. The van der Waals surface area contributed by atoms with Gasteiger partial charge in [0, 0.05) is 5.56 Å². The Bertz CT molecular complexity index is 377. The number of hydrogen-bond acceptors (Lipinski definition) is 2. The van der Waals surface area contributed by atoms with Crippen molar-refractivity contribution < 1.29 is 9.90 Å². The zero-order valence-corrected chi connectivity index (χ0v) is 10.6. The van der Waals surface area contributed by atoms with Gasteiger partial charge in [-0.2, -0.15) is 0 Å². The molecule has 0 heterocycles. The fraction of sp³-hybridized carbons (Fsp3) is 0.222. The largest absolute Gasteiger partial charge is 0.369 e. The van der Waals surface area contributed by atoms with Crippen molar-refractivity contribution in [2.45, 2.75) is 10.0 Å². The number of amides is 1. The fourth-order valence-electron chi connectivity index (χ4n) is 0.994. The number of hydrogen-bond donors (Lipinski definition) is 2. The Balaban J connectivity index is 2.70. The summed E-state index contributed by atoms with van der Waals surface area (Å²) in [5.41, 5.74) is 1.41. The minimum atomic E-state index is -1.94. The molecule has 0 aliphatic rings. The highest BCUT2D eigenvalue weighted by Gasteiger charge is 2.32. The van der Waals surface area contributed by atoms with Crippen molar-refractivity contribution in [3.8, 4) is 0 Å². The van der Waals surface area contributed by atoms with Gasteiger partial charge < -0.3 is 10.4 Å². The molecule has 0 fully saturated rings. The van der Waals surface area contributed by atoms with E-state index in [4.69, 9.17) is 34.8 Å². The summed E-state index contributed by atoms with van der Waals surface area (Å²) < 4.78 is -1.94. The van der Waals surface area contributed by atoms with Crippen molar-refractivity contribution in [1.82, 2.24) is 5.32 Å². The number of aliphatic hydroxyl groups is 1. The van der Waals surface area contributed by atoms with Crippen LogP contribution in [0.2, 0.25) is 0 Å². The molecule has 0 aliphatic heterocycles. The molecular formula is C9H9BCl3NO2. The van der Waals surface area contributed by atoms with Crippen molar-refractivity contribution in [3.05, 3.63) is 29.8 Å². The Morgan fingerprint density at radius 3 is 2.25 bits per heavy atom. The molecule has 2 N–H and O–H groups in total. The summed E-state index contributed by atoms with van der Waals surface area (Å²) in [4.78, 5) is 11.6. The van der Waals surface area contributed by atoms with Crippen molar-refractivity contribution in [2.75, 3.05) is 0 Å². The molecule has 1 aromatic rings. The van der Waals surface area contributed by atoms with E-state index < -0.39 is 15.9 Å². The molecule has 1 amide bonds. The van der Waals surface area contributed by atoms with Crippen LogP contribution in [-0.4, -0.2) is 28.9 Å². The molecule has 7 heteroatoms. The average molecular weight is 280 g/mol. The van der Waals surface area contributed by atoms with E-state index in [1.807, 2.05) is 7.85 Å². The predicted molar refractivity (Wildman–Crippen MR) is 68.4 cm³/mol. The summed E-state index contributed by atoms with van der Waals surface area (Å²) in [6, 6.07) is 6.79. The number of alkyl halides is 3. The quantitative estimate of drug-likeness (QED) is 0.467. The van der Waals surface area contributed by atoms with Crippen molar-refractivity contribution >= 4 is 54.0 Å². The van der Waals surface area contributed by atoms with Crippen molar-refractivity contribution in [1.29, 1.82) is 0 Å². The normalized spacial score (nSPS) is 13.2. The lowest BCUT2D eigenvalue weighted by Crippen LogP contribution is -2.43. The molecular weight excluding hydrogens is 271 g/mol. The first-order valence-electron chi connectivity index (χ1n) is 4.43. The number of benzene rings is 1. The number of rotatable bonds is 2. The Hall–Kier alpha value is -0.415. The highest BCUT2D eigenvalue weighted by atomic mass is 35.6. The Kier molecular flexibility index (Phi) is 4.50. The van der Waals surface area contributed by atoms with Crippen molar-refractivity contribution in [3.63, 3.8) is 0 Å². The second-order valence-corrected chi connectivity index (χ2v) is 5.65. The van der Waals surface area contributed by atoms with E-state index in [1.54, 1.807) is 24.3 Å². The average Bonchev–Trinajstić information content (AvgIpc) is 2.17. The van der Waals surface area contributed by atoms with E-state index in [0.29, 0.717) is 5.56 Å². The highest BCUT2D eigenvalue weighted by Crippen LogP contribution is 2.28. The Morgan fingerprint density at radius 1 is 1.31 bits per heavy atom. The van der Waals surface area contributed by atoms with Gasteiger partial charge in [0.1, 0.15) is 7.85 Å². The fourth-order valence-corrected chi connectivity index (χ4v) is 1.16. The molecule has 0 saturated heterocycles. The maximum atomic E-state index is 11.6. The van der Waals surface area contributed by atoms with Crippen LogP contribution >= 0.6 is 34.8 Å². The minimum absolute atomic E-state index is 0.388. The van der Waals surface area contributed by atoms with E-state index in [-0.39, 0.29) is 0 Å². The van der Waals surface area contributed by atoms with Crippen LogP contribution in [0.1, 0.15) is 10.4 Å². The first-order chi connectivity index (χ1) is 7.30. The third-order valence-electron chi connectivity index (χ3n) is 1.89. The summed E-state index contributed by atoms with van der Waals surface area (Å²) in [5, 5.41) is 11.5. The highest BCUT2D eigenvalue weighted by molar-refractivity contribution is 6.68. The molecule has 0 radical (unpaired) electrons. The summed E-state index contributed by atoms with van der Waals surface area (Å²) in [7, 11) is 1.90. The number of carbonyl (C=O) groups excluding carboxylic acids is 1. The van der Waals surface area contributed by atoms with E-state index in [2.05, 4.69) is 5.32 Å². The topological polar surface area (TPSA) is 49.3 Å². The predicted octanol–water partition coefficient (Wildman–Crippen LogP) is 0.363. The van der Waals surface area contributed by atoms with Gasteiger partial charge >= 0.3 is 0 Å². The monoisotopic (exact) mass is 279 g/mol. The first kappa shape index (κ1) is 13.6. The summed E-state index contributed by atoms with van der Waals surface area (Å²) in [6.45, 7) is 0. The molecule has 1 aromatic carbocycles. The molecule has 1 rings (SSSR count). The number of halogens is 3. The number of carbonyl (C=O) groups is 1. The Labute approximate surface area is 109 Å². The van der Waals surface area contributed by atoms with Crippen LogP contribution < -0.4 is 10.8 Å². The van der Waals surface area contributed by atoms with E-state index in [9.17, 15) is 9.90 Å². The van der Waals surface area contributed by atoms with Crippen molar-refractivity contribution in [2.24, 2.45) is 0 Å². The lowest BCUT2D eigenvalue weighted by atomic mass is 9.95. The molecule has 86 valence electrons. The van der Waals surface area contributed by atoms with Gasteiger partial charge in [-0.15, -0.1) is 0 Å². The third-order valence-corrected chi connectivity index (χ3v) is 2.51. The molecule has 0 saturated carbocycles. The van der Waals surface area contributed by atoms with Crippen LogP contribution in [0, 0.1) is 0 Å². The number of aliphatic hydroxyl groups excluding tert-OH is 1. The van der Waals surface area contributed by atoms with Crippen LogP contribution in [0.4, 0.5) is 0 Å². The molecule has 0 aliphatic carbocycles. The molecule has 1 unspecified atom stereocenters. The van der Waals surface area contributed by atoms with Gasteiger partial charge in [0.05, 0.1) is 0 Å². The zero-order valence-electron chi connectivity index (χ0n) is 8.38. The van der Waals surface area contributed by atoms with Crippen LogP contribution in [0.15, 0.2) is 24.3 Å². The van der Waals surface area contributed by atoms with E-state index in [0.717, 1.165) is 5.46 Å². The minimum Gasteiger partial charge on any atom is -0.369 e. The third kappa shape index (κ3) is 3.87. The van der Waals surface area contributed by atoms with Gasteiger partial charge in [0.2, 0.25) is 3.79 Å². The standard InChI is InChI=1S/C9H9BCl3NO2/c10-6-3-1-5(2-4-6)7(15)14-8(16)9(11,12)13/h1-4,8,16H,10H2,(H,14,15). The SMILES string of the molecule is Bc1ccc(C(=O)NC(O)C(Cl)(Cl)Cl)cc1. The van der Waals surface area contributed by atoms with Crippen LogP contribution in [0.5, 0.6) is 0 Å². The molecule has 1 atom stereocenters. The molecule has 16 heavy (non-hydrogen) atoms. The van der Waals surface area contributed by atoms with Crippen LogP contribution in [-0.2, 0) is 0 Å². The lowest BCUT2D eigenvalue weighted by Gasteiger charge is -2.19. The number of nitrogens with one attached hydrogen (secondary N) is 1. The summed E-state index contributed by atoms with van der Waals surface area (Å²) in [5.74, 6) is -0.501. The maximum absolute atomic E-state index is 11.6. The van der Waals surface area contributed by atoms with Gasteiger partial charge in [-0.25, -0.2) is 0 Å². The maximum Gasteiger partial charge on any atom is 0.253 e. The van der Waals surface area contributed by atoms with Crippen LogP contribution in [0.25, 0.3) is 0 Å². The van der Waals surface area contributed by atoms with Gasteiger partial charge in [-0.1, -0.05) is 64.5 Å². The van der Waals surface area contributed by atoms with Gasteiger partial charge in [-0.05, 0) is 0 Å². The molecule has 0 spiro atoms. The van der Waals surface area contributed by atoms with E-state index >= 15 is 0 Å². The first-order valence-corrected chi connectivity index (χ1v) is 5.56. The zero-order chi connectivity index (χ0) is 12.3. The summed E-state index contributed by atoms with van der Waals surface area (Å²) >= 11 is 16.2. The smallest absolute Gasteiger partial charge is 0.253 e. The molecule has 0 aromatic heterocycles. The molecule has 3 nitrogen and oxygen atoms in total. The van der Waals surface area contributed by atoms with E-state index in [1.165, 1.54) is 0 Å². The summed E-state index contributed by atoms with van der Waals surface area (Å²) in [6.07, 6.45) is -1.55. The van der Waals surface area contributed by atoms with Gasteiger partial charge in [-0.3, -0.25) is 4.79 Å². The van der Waals surface area contributed by atoms with Gasteiger partial charge in [0.25, 0.3) is 5.91 Å². The van der Waals surface area contributed by atoms with Crippen LogP contribution in [0.3, 0.4) is 0 Å².